The van der Waals surface area contributed by atoms with Crippen LogP contribution in [-0.2, 0) is 9.53 Å². The summed E-state index contributed by atoms with van der Waals surface area (Å²) in [6.45, 7) is 7.81. The smallest absolute Gasteiger partial charge is 0.325 e. The molecule has 0 aliphatic rings. The lowest BCUT2D eigenvalue weighted by molar-refractivity contribution is -0.153. The van der Waals surface area contributed by atoms with Gasteiger partial charge in [0.1, 0.15) is 5.54 Å². The van der Waals surface area contributed by atoms with Gasteiger partial charge in [0.05, 0.1) is 7.11 Å². The Morgan fingerprint density at radius 2 is 1.83 bits per heavy atom. The van der Waals surface area contributed by atoms with Gasteiger partial charge in [0.2, 0.25) is 0 Å². The number of carbonyl (C=O) groups excluding carboxylic acids is 1. The first-order valence-corrected chi connectivity index (χ1v) is 4.15. The molecule has 0 aromatic rings. The molecule has 0 aromatic heterocycles. The van der Waals surface area contributed by atoms with E-state index >= 15 is 0 Å². The molecular formula is C9H19NO2. The van der Waals surface area contributed by atoms with Crippen LogP contribution < -0.4 is 0 Å². The number of hydrogen-bond acceptors (Lipinski definition) is 3. The van der Waals surface area contributed by atoms with Crippen LogP contribution in [0.5, 0.6) is 0 Å². The third kappa shape index (κ3) is 2.21. The van der Waals surface area contributed by atoms with E-state index in [4.69, 9.17) is 4.74 Å². The van der Waals surface area contributed by atoms with Gasteiger partial charge in [-0.1, -0.05) is 0 Å². The Morgan fingerprint density at radius 3 is 2.08 bits per heavy atom. The highest BCUT2D eigenvalue weighted by Gasteiger charge is 2.34. The van der Waals surface area contributed by atoms with Crippen molar-refractivity contribution in [3.63, 3.8) is 0 Å². The molecule has 0 rings (SSSR count). The third-order valence-electron chi connectivity index (χ3n) is 2.34. The number of rotatable bonds is 3. The van der Waals surface area contributed by atoms with Gasteiger partial charge < -0.3 is 4.74 Å². The molecule has 0 radical (unpaired) electrons. The zero-order chi connectivity index (χ0) is 9.94. The summed E-state index contributed by atoms with van der Waals surface area (Å²) in [5, 5.41) is 0. The van der Waals surface area contributed by atoms with Gasteiger partial charge in [0.25, 0.3) is 0 Å². The summed E-state index contributed by atoms with van der Waals surface area (Å²) in [5.41, 5.74) is -0.539. The molecule has 0 saturated carbocycles. The predicted molar refractivity (Wildman–Crippen MR) is 49.0 cm³/mol. The number of likely N-dealkylation sites (N-methyl/N-ethyl adjacent to an activating group) is 1. The second-order valence-corrected chi connectivity index (χ2v) is 3.76. The summed E-state index contributed by atoms with van der Waals surface area (Å²) >= 11 is 0. The third-order valence-corrected chi connectivity index (χ3v) is 2.34. The molecule has 0 aliphatic heterocycles. The first-order valence-electron chi connectivity index (χ1n) is 4.15. The Balaban J connectivity index is 4.48. The monoisotopic (exact) mass is 173 g/mol. The van der Waals surface area contributed by atoms with Crippen LogP contribution in [0.25, 0.3) is 0 Å². The van der Waals surface area contributed by atoms with Crippen molar-refractivity contribution in [2.75, 3.05) is 14.2 Å². The van der Waals surface area contributed by atoms with Crippen molar-refractivity contribution in [2.45, 2.75) is 39.3 Å². The molecule has 0 amide bonds. The summed E-state index contributed by atoms with van der Waals surface area (Å²) in [4.78, 5) is 13.3. The van der Waals surface area contributed by atoms with E-state index in [1.807, 2.05) is 39.6 Å². The number of carbonyl (C=O) groups is 1. The lowest BCUT2D eigenvalue weighted by Crippen LogP contribution is -2.51. The van der Waals surface area contributed by atoms with E-state index in [-0.39, 0.29) is 5.97 Å². The summed E-state index contributed by atoms with van der Waals surface area (Å²) < 4.78 is 4.71. The van der Waals surface area contributed by atoms with Crippen molar-refractivity contribution in [3.05, 3.63) is 0 Å². The number of nitrogens with zero attached hydrogens (tertiary/aromatic N) is 1. The predicted octanol–water partition coefficient (Wildman–Crippen LogP) is 1.28. The molecule has 0 aromatic carbocycles. The number of esters is 1. The van der Waals surface area contributed by atoms with Crippen LogP contribution >= 0.6 is 0 Å². The molecule has 0 N–H and O–H groups in total. The van der Waals surface area contributed by atoms with Crippen LogP contribution in [0.1, 0.15) is 27.7 Å². The van der Waals surface area contributed by atoms with Gasteiger partial charge in [-0.15, -0.1) is 0 Å². The van der Waals surface area contributed by atoms with Gasteiger partial charge in [0, 0.05) is 6.04 Å². The summed E-state index contributed by atoms with van der Waals surface area (Å²) in [7, 11) is 3.33. The van der Waals surface area contributed by atoms with Crippen molar-refractivity contribution >= 4 is 5.97 Å². The second kappa shape index (κ2) is 3.90. The maximum atomic E-state index is 11.3. The summed E-state index contributed by atoms with van der Waals surface area (Å²) in [5.74, 6) is -0.196. The lowest BCUT2D eigenvalue weighted by atomic mass is 10.0. The average Bonchev–Trinajstić information content (AvgIpc) is 2.01. The minimum absolute atomic E-state index is 0.196. The fraction of sp³-hybridized carbons (Fsp3) is 0.889. The molecule has 3 heteroatoms. The summed E-state index contributed by atoms with van der Waals surface area (Å²) in [6.07, 6.45) is 0. The van der Waals surface area contributed by atoms with Gasteiger partial charge in [-0.3, -0.25) is 9.69 Å². The highest BCUT2D eigenvalue weighted by atomic mass is 16.5. The van der Waals surface area contributed by atoms with Gasteiger partial charge >= 0.3 is 5.97 Å². The van der Waals surface area contributed by atoms with Crippen molar-refractivity contribution in [3.8, 4) is 0 Å². The maximum absolute atomic E-state index is 11.3. The quantitative estimate of drug-likeness (QED) is 0.602. The average molecular weight is 173 g/mol. The van der Waals surface area contributed by atoms with Gasteiger partial charge in [0.15, 0.2) is 0 Å². The van der Waals surface area contributed by atoms with E-state index in [1.165, 1.54) is 7.11 Å². The van der Waals surface area contributed by atoms with Crippen LogP contribution in [-0.4, -0.2) is 36.6 Å². The lowest BCUT2D eigenvalue weighted by Gasteiger charge is -2.35. The van der Waals surface area contributed by atoms with Gasteiger partial charge in [-0.25, -0.2) is 0 Å². The Morgan fingerprint density at radius 1 is 1.42 bits per heavy atom. The van der Waals surface area contributed by atoms with Crippen LogP contribution in [0, 0.1) is 0 Å². The van der Waals surface area contributed by atoms with E-state index in [9.17, 15) is 4.79 Å². The molecule has 0 spiro atoms. The fourth-order valence-electron chi connectivity index (χ4n) is 1.04. The van der Waals surface area contributed by atoms with Crippen LogP contribution in [0.3, 0.4) is 0 Å². The Labute approximate surface area is 74.7 Å². The number of hydrogen-bond donors (Lipinski definition) is 0. The molecule has 0 aliphatic carbocycles. The standard InChI is InChI=1S/C9H19NO2/c1-7(2)10(5)9(3,4)8(11)12-6/h7H,1-6H3. The van der Waals surface area contributed by atoms with Crippen LogP contribution in [0.2, 0.25) is 0 Å². The van der Waals surface area contributed by atoms with E-state index in [0.29, 0.717) is 6.04 Å². The molecule has 0 heterocycles. The SMILES string of the molecule is COC(=O)C(C)(C)N(C)C(C)C. The molecular weight excluding hydrogens is 154 g/mol. The van der Waals surface area contributed by atoms with Crippen molar-refractivity contribution in [1.29, 1.82) is 0 Å². The molecule has 0 unspecified atom stereocenters. The molecule has 0 bridgehead atoms. The van der Waals surface area contributed by atoms with E-state index in [1.54, 1.807) is 0 Å². The molecule has 0 saturated heterocycles. The van der Waals surface area contributed by atoms with Crippen molar-refractivity contribution in [2.24, 2.45) is 0 Å². The molecule has 0 fully saturated rings. The Kier molecular flexibility index (Phi) is 3.71. The first kappa shape index (κ1) is 11.4. The highest BCUT2D eigenvalue weighted by molar-refractivity contribution is 5.79. The maximum Gasteiger partial charge on any atom is 0.325 e. The first-order chi connectivity index (χ1) is 5.34. The zero-order valence-electron chi connectivity index (χ0n) is 8.84. The number of ether oxygens (including phenoxy) is 1. The summed E-state index contributed by atoms with van der Waals surface area (Å²) in [6, 6.07) is 0.332. The molecule has 12 heavy (non-hydrogen) atoms. The molecule has 72 valence electrons. The number of methoxy groups -OCH3 is 1. The largest absolute Gasteiger partial charge is 0.468 e. The second-order valence-electron chi connectivity index (χ2n) is 3.76. The minimum Gasteiger partial charge on any atom is -0.468 e. The fourth-order valence-corrected chi connectivity index (χ4v) is 1.04. The van der Waals surface area contributed by atoms with Crippen LogP contribution in [0.4, 0.5) is 0 Å². The topological polar surface area (TPSA) is 29.5 Å². The minimum atomic E-state index is -0.539. The van der Waals surface area contributed by atoms with Crippen molar-refractivity contribution in [1.82, 2.24) is 4.90 Å². The van der Waals surface area contributed by atoms with E-state index in [0.717, 1.165) is 0 Å². The van der Waals surface area contributed by atoms with Crippen LogP contribution in [0.15, 0.2) is 0 Å². The highest BCUT2D eigenvalue weighted by Crippen LogP contribution is 2.16. The normalized spacial score (nSPS) is 12.3. The Bertz CT molecular complexity index is 164. The van der Waals surface area contributed by atoms with Gasteiger partial charge in [-0.05, 0) is 34.7 Å². The van der Waals surface area contributed by atoms with Gasteiger partial charge in [-0.2, -0.15) is 0 Å². The molecule has 0 atom stereocenters. The van der Waals surface area contributed by atoms with Crippen molar-refractivity contribution < 1.29 is 9.53 Å². The Hall–Kier alpha value is -0.570. The molecule has 3 nitrogen and oxygen atoms in total. The van der Waals surface area contributed by atoms with E-state index < -0.39 is 5.54 Å². The zero-order valence-corrected chi connectivity index (χ0v) is 8.84. The van der Waals surface area contributed by atoms with E-state index in [2.05, 4.69) is 0 Å².